The quantitative estimate of drug-likeness (QED) is 0.660. The van der Waals surface area contributed by atoms with E-state index in [9.17, 15) is 4.79 Å². The number of hydrogen-bond acceptors (Lipinski definition) is 4. The molecule has 0 saturated carbocycles. The number of ether oxygens (including phenoxy) is 2. The maximum absolute atomic E-state index is 11.6. The van der Waals surface area contributed by atoms with E-state index in [0.717, 1.165) is 6.54 Å². The minimum Gasteiger partial charge on any atom is -0.464 e. The molecule has 0 aromatic heterocycles. The Morgan fingerprint density at radius 2 is 2.21 bits per heavy atom. The molecular formula is C10H19NO3. The topological polar surface area (TPSA) is 47.6 Å². The first-order valence-electron chi connectivity index (χ1n) is 5.10. The van der Waals surface area contributed by atoms with Crippen LogP contribution in [0.3, 0.4) is 0 Å². The second kappa shape index (κ2) is 4.75. The van der Waals surface area contributed by atoms with Crippen LogP contribution in [0, 0.1) is 5.92 Å². The fourth-order valence-corrected chi connectivity index (χ4v) is 1.27. The molecule has 4 nitrogen and oxygen atoms in total. The minimum absolute atomic E-state index is 0.188. The van der Waals surface area contributed by atoms with E-state index in [1.165, 1.54) is 0 Å². The smallest absolute Gasteiger partial charge is 0.331 e. The number of rotatable bonds is 5. The lowest BCUT2D eigenvalue weighted by atomic mass is 9.97. The Hall–Kier alpha value is -0.610. The molecule has 1 aliphatic heterocycles. The van der Waals surface area contributed by atoms with Gasteiger partial charge in [-0.2, -0.15) is 0 Å². The molecule has 82 valence electrons. The standard InChI is InChI=1S/C10H19NO3/c1-4-14-9(12)10(6-13-7-10)11-5-8(2)3/h8,11H,4-7H2,1-3H3. The molecule has 0 aromatic rings. The van der Waals surface area contributed by atoms with Gasteiger partial charge in [0.05, 0.1) is 19.8 Å². The molecule has 4 heteroatoms. The molecule has 0 amide bonds. The van der Waals surface area contributed by atoms with Crippen molar-refractivity contribution < 1.29 is 14.3 Å². The second-order valence-corrected chi connectivity index (χ2v) is 4.07. The lowest BCUT2D eigenvalue weighted by Crippen LogP contribution is -2.66. The highest BCUT2D eigenvalue weighted by Gasteiger charge is 2.47. The van der Waals surface area contributed by atoms with E-state index in [-0.39, 0.29) is 5.97 Å². The van der Waals surface area contributed by atoms with E-state index >= 15 is 0 Å². The zero-order valence-corrected chi connectivity index (χ0v) is 9.13. The Bertz CT molecular complexity index is 200. The number of hydrogen-bond donors (Lipinski definition) is 1. The monoisotopic (exact) mass is 201 g/mol. The van der Waals surface area contributed by atoms with Crippen molar-refractivity contribution in [1.82, 2.24) is 5.32 Å². The largest absolute Gasteiger partial charge is 0.464 e. The third kappa shape index (κ3) is 2.45. The van der Waals surface area contributed by atoms with E-state index in [0.29, 0.717) is 25.7 Å². The van der Waals surface area contributed by atoms with Gasteiger partial charge in [-0.25, -0.2) is 4.79 Å². The second-order valence-electron chi connectivity index (χ2n) is 4.07. The van der Waals surface area contributed by atoms with Crippen molar-refractivity contribution >= 4 is 5.97 Å². The molecule has 1 rings (SSSR count). The molecule has 1 saturated heterocycles. The molecule has 1 heterocycles. The van der Waals surface area contributed by atoms with E-state index in [1.807, 2.05) is 6.92 Å². The van der Waals surface area contributed by atoms with Gasteiger partial charge < -0.3 is 9.47 Å². The maximum Gasteiger partial charge on any atom is 0.331 e. The van der Waals surface area contributed by atoms with Crippen LogP contribution in [0.1, 0.15) is 20.8 Å². The van der Waals surface area contributed by atoms with Crippen LogP contribution in [-0.4, -0.2) is 37.9 Å². The summed E-state index contributed by atoms with van der Waals surface area (Å²) in [5.41, 5.74) is -0.569. The number of nitrogens with one attached hydrogen (secondary N) is 1. The Kier molecular flexibility index (Phi) is 3.89. The van der Waals surface area contributed by atoms with Gasteiger partial charge in [0, 0.05) is 0 Å². The Balaban J connectivity index is 2.44. The van der Waals surface area contributed by atoms with E-state index < -0.39 is 5.54 Å². The summed E-state index contributed by atoms with van der Waals surface area (Å²) >= 11 is 0. The summed E-state index contributed by atoms with van der Waals surface area (Å²) < 4.78 is 10.1. The molecule has 14 heavy (non-hydrogen) atoms. The van der Waals surface area contributed by atoms with Crippen LogP contribution in [0.4, 0.5) is 0 Å². The lowest BCUT2D eigenvalue weighted by molar-refractivity contribution is -0.172. The molecule has 1 fully saturated rings. The summed E-state index contributed by atoms with van der Waals surface area (Å²) in [6, 6.07) is 0. The highest BCUT2D eigenvalue weighted by atomic mass is 16.6. The van der Waals surface area contributed by atoms with Crippen LogP contribution in [0.2, 0.25) is 0 Å². The third-order valence-electron chi connectivity index (χ3n) is 2.21. The minimum atomic E-state index is -0.569. The van der Waals surface area contributed by atoms with Crippen LogP contribution in [0.15, 0.2) is 0 Å². The summed E-state index contributed by atoms with van der Waals surface area (Å²) in [6.07, 6.45) is 0. The first-order valence-corrected chi connectivity index (χ1v) is 5.10. The molecule has 0 atom stereocenters. The molecule has 1 N–H and O–H groups in total. The number of carbonyl (C=O) groups excluding carboxylic acids is 1. The summed E-state index contributed by atoms with van der Waals surface area (Å²) in [5.74, 6) is 0.328. The third-order valence-corrected chi connectivity index (χ3v) is 2.21. The van der Waals surface area contributed by atoms with Crippen molar-refractivity contribution in [2.75, 3.05) is 26.4 Å². The molecule has 0 radical (unpaired) electrons. The highest BCUT2D eigenvalue weighted by Crippen LogP contribution is 2.19. The molecule has 0 spiro atoms. The van der Waals surface area contributed by atoms with Crippen LogP contribution in [-0.2, 0) is 14.3 Å². The summed E-state index contributed by atoms with van der Waals surface area (Å²) in [6.45, 7) is 8.10. The van der Waals surface area contributed by atoms with Crippen LogP contribution in [0.25, 0.3) is 0 Å². The van der Waals surface area contributed by atoms with Gasteiger partial charge in [-0.05, 0) is 19.4 Å². The van der Waals surface area contributed by atoms with Crippen molar-refractivity contribution in [3.8, 4) is 0 Å². The van der Waals surface area contributed by atoms with E-state index in [2.05, 4.69) is 19.2 Å². The van der Waals surface area contributed by atoms with Gasteiger partial charge in [0.1, 0.15) is 0 Å². The average molecular weight is 201 g/mol. The Morgan fingerprint density at radius 1 is 1.57 bits per heavy atom. The highest BCUT2D eigenvalue weighted by molar-refractivity contribution is 5.82. The summed E-state index contributed by atoms with van der Waals surface area (Å²) in [4.78, 5) is 11.6. The molecule has 0 unspecified atom stereocenters. The molecule has 0 aliphatic carbocycles. The average Bonchev–Trinajstić information content (AvgIpc) is 2.02. The fourth-order valence-electron chi connectivity index (χ4n) is 1.27. The van der Waals surface area contributed by atoms with Crippen molar-refractivity contribution in [1.29, 1.82) is 0 Å². The normalized spacial score (nSPS) is 19.1. The van der Waals surface area contributed by atoms with Gasteiger partial charge in [0.25, 0.3) is 0 Å². The first-order chi connectivity index (χ1) is 6.60. The van der Waals surface area contributed by atoms with Crippen LogP contribution >= 0.6 is 0 Å². The van der Waals surface area contributed by atoms with Crippen molar-refractivity contribution in [3.63, 3.8) is 0 Å². The van der Waals surface area contributed by atoms with Gasteiger partial charge in [0.2, 0.25) is 0 Å². The van der Waals surface area contributed by atoms with Gasteiger partial charge in [-0.15, -0.1) is 0 Å². The molecule has 0 aromatic carbocycles. The molecular weight excluding hydrogens is 182 g/mol. The SMILES string of the molecule is CCOC(=O)C1(NCC(C)C)COC1. The van der Waals surface area contributed by atoms with Gasteiger partial charge in [-0.1, -0.05) is 13.8 Å². The van der Waals surface area contributed by atoms with Gasteiger partial charge in [-0.3, -0.25) is 5.32 Å². The molecule has 1 aliphatic rings. The number of carbonyl (C=O) groups is 1. The molecule has 0 bridgehead atoms. The zero-order chi connectivity index (χ0) is 10.6. The predicted molar refractivity (Wildman–Crippen MR) is 53.0 cm³/mol. The van der Waals surface area contributed by atoms with Gasteiger partial charge in [0.15, 0.2) is 5.54 Å². The first kappa shape index (κ1) is 11.5. The van der Waals surface area contributed by atoms with Gasteiger partial charge >= 0.3 is 5.97 Å². The Morgan fingerprint density at radius 3 is 2.57 bits per heavy atom. The van der Waals surface area contributed by atoms with E-state index in [4.69, 9.17) is 9.47 Å². The van der Waals surface area contributed by atoms with Crippen molar-refractivity contribution in [2.24, 2.45) is 5.92 Å². The Labute approximate surface area is 85.0 Å². The number of esters is 1. The summed E-state index contributed by atoms with van der Waals surface area (Å²) in [5, 5.41) is 3.22. The lowest BCUT2D eigenvalue weighted by Gasteiger charge is -2.39. The predicted octanol–water partition coefficient (Wildman–Crippen LogP) is 0.564. The van der Waals surface area contributed by atoms with Crippen molar-refractivity contribution in [3.05, 3.63) is 0 Å². The fraction of sp³-hybridized carbons (Fsp3) is 0.900. The summed E-state index contributed by atoms with van der Waals surface area (Å²) in [7, 11) is 0. The maximum atomic E-state index is 11.6. The van der Waals surface area contributed by atoms with Crippen LogP contribution in [0.5, 0.6) is 0 Å². The zero-order valence-electron chi connectivity index (χ0n) is 9.13. The van der Waals surface area contributed by atoms with Crippen LogP contribution < -0.4 is 5.32 Å². The van der Waals surface area contributed by atoms with E-state index in [1.54, 1.807) is 0 Å². The van der Waals surface area contributed by atoms with Crippen molar-refractivity contribution in [2.45, 2.75) is 26.3 Å².